The highest BCUT2D eigenvalue weighted by molar-refractivity contribution is 6.36. The summed E-state index contributed by atoms with van der Waals surface area (Å²) in [5.74, 6) is 0.252. The fraction of sp³-hybridized carbons (Fsp3) is 0.273. The first-order valence-electron chi connectivity index (χ1n) is 9.17. The Balaban J connectivity index is 2.06. The van der Waals surface area contributed by atoms with Crippen molar-refractivity contribution in [1.29, 1.82) is 0 Å². The van der Waals surface area contributed by atoms with Gasteiger partial charge in [0.15, 0.2) is 0 Å². The molecule has 0 saturated carbocycles. The summed E-state index contributed by atoms with van der Waals surface area (Å²) in [5, 5.41) is 3.17. The van der Waals surface area contributed by atoms with Crippen molar-refractivity contribution in [3.63, 3.8) is 0 Å². The second kappa shape index (κ2) is 8.08. The lowest BCUT2D eigenvalue weighted by Crippen LogP contribution is -2.35. The van der Waals surface area contributed by atoms with E-state index in [2.05, 4.69) is 5.32 Å². The summed E-state index contributed by atoms with van der Waals surface area (Å²) < 4.78 is 5.65. The first-order valence-corrected chi connectivity index (χ1v) is 9.17. The summed E-state index contributed by atoms with van der Waals surface area (Å²) in [6, 6.07) is 16.7. The molecule has 1 aliphatic rings. The van der Waals surface area contributed by atoms with Gasteiger partial charge < -0.3 is 10.1 Å². The van der Waals surface area contributed by atoms with Crippen LogP contribution in [-0.2, 0) is 9.59 Å². The second-order valence-electron chi connectivity index (χ2n) is 6.78. The van der Waals surface area contributed by atoms with Crippen LogP contribution in [0.25, 0.3) is 5.57 Å². The number of imide groups is 1. The summed E-state index contributed by atoms with van der Waals surface area (Å²) >= 11 is 0. The Labute approximate surface area is 159 Å². The van der Waals surface area contributed by atoms with E-state index in [9.17, 15) is 9.59 Å². The van der Waals surface area contributed by atoms with E-state index in [4.69, 9.17) is 4.74 Å². The minimum atomic E-state index is -0.307. The number of nitrogens with zero attached hydrogens (tertiary/aromatic N) is 1. The van der Waals surface area contributed by atoms with Gasteiger partial charge in [0.25, 0.3) is 11.8 Å². The number of carbonyl (C=O) groups is 2. The summed E-state index contributed by atoms with van der Waals surface area (Å²) in [5.41, 5.74) is 2.07. The molecule has 140 valence electrons. The Morgan fingerprint density at radius 1 is 0.963 bits per heavy atom. The molecule has 2 amide bonds. The van der Waals surface area contributed by atoms with Gasteiger partial charge in [-0.2, -0.15) is 0 Å². The molecule has 0 fully saturated rings. The topological polar surface area (TPSA) is 58.6 Å². The number of hydrogen-bond acceptors (Lipinski definition) is 4. The summed E-state index contributed by atoms with van der Waals surface area (Å²) in [7, 11) is 0. The molecule has 5 heteroatoms. The van der Waals surface area contributed by atoms with Crippen LogP contribution in [-0.4, -0.2) is 29.9 Å². The van der Waals surface area contributed by atoms with E-state index < -0.39 is 0 Å². The van der Waals surface area contributed by atoms with E-state index in [-0.39, 0.29) is 17.7 Å². The lowest BCUT2D eigenvalue weighted by molar-refractivity contribution is -0.137. The van der Waals surface area contributed by atoms with Gasteiger partial charge in [0, 0.05) is 6.54 Å². The minimum absolute atomic E-state index is 0.185. The number of anilines is 1. The van der Waals surface area contributed by atoms with Gasteiger partial charge in [-0.25, -0.2) is 0 Å². The highest BCUT2D eigenvalue weighted by Gasteiger charge is 2.39. The number of ether oxygens (including phenoxy) is 1. The largest absolute Gasteiger partial charge is 0.492 e. The highest BCUT2D eigenvalue weighted by atomic mass is 16.5. The molecular weight excluding hydrogens is 340 g/mol. The van der Waals surface area contributed by atoms with Crippen molar-refractivity contribution >= 4 is 23.1 Å². The molecule has 2 aromatic carbocycles. The quantitative estimate of drug-likeness (QED) is 0.756. The van der Waals surface area contributed by atoms with E-state index in [1.54, 1.807) is 0 Å². The van der Waals surface area contributed by atoms with Gasteiger partial charge in [-0.1, -0.05) is 56.3 Å². The van der Waals surface area contributed by atoms with Crippen LogP contribution in [0.2, 0.25) is 0 Å². The molecule has 2 aromatic rings. The lowest BCUT2D eigenvalue weighted by Gasteiger charge is -2.17. The number of hydrogen-bond donors (Lipinski definition) is 1. The molecule has 0 bridgehead atoms. The number of amides is 2. The Morgan fingerprint density at radius 3 is 2.30 bits per heavy atom. The van der Waals surface area contributed by atoms with Crippen LogP contribution >= 0.6 is 0 Å². The summed E-state index contributed by atoms with van der Waals surface area (Å²) in [6.07, 6.45) is 0. The van der Waals surface area contributed by atoms with Gasteiger partial charge >= 0.3 is 0 Å². The van der Waals surface area contributed by atoms with Crippen molar-refractivity contribution in [2.24, 2.45) is 5.92 Å². The molecule has 5 nitrogen and oxygen atoms in total. The van der Waals surface area contributed by atoms with Crippen molar-refractivity contribution in [2.75, 3.05) is 18.5 Å². The zero-order chi connectivity index (χ0) is 19.4. The molecule has 1 N–H and O–H groups in total. The Kier molecular flexibility index (Phi) is 5.60. The number of benzene rings is 2. The van der Waals surface area contributed by atoms with Crippen LogP contribution in [0.3, 0.4) is 0 Å². The zero-order valence-electron chi connectivity index (χ0n) is 15.9. The van der Waals surface area contributed by atoms with Crippen molar-refractivity contribution in [3.8, 4) is 5.75 Å². The molecule has 0 radical (unpaired) electrons. The zero-order valence-corrected chi connectivity index (χ0v) is 15.9. The van der Waals surface area contributed by atoms with Crippen LogP contribution in [0.1, 0.15) is 26.3 Å². The van der Waals surface area contributed by atoms with Gasteiger partial charge in [0.2, 0.25) is 0 Å². The van der Waals surface area contributed by atoms with E-state index in [0.29, 0.717) is 35.9 Å². The third-order valence-electron chi connectivity index (χ3n) is 4.22. The van der Waals surface area contributed by atoms with E-state index >= 15 is 0 Å². The Bertz CT molecular complexity index is 872. The van der Waals surface area contributed by atoms with Gasteiger partial charge in [0.05, 0.1) is 17.9 Å². The smallest absolute Gasteiger partial charge is 0.278 e. The normalized spacial score (nSPS) is 14.3. The van der Waals surface area contributed by atoms with E-state index in [0.717, 1.165) is 5.56 Å². The SMILES string of the molecule is CCOc1ccccc1NC1=C(c2ccccc2)C(=O)N(CC(C)C)C1=O. The van der Waals surface area contributed by atoms with Crippen LogP contribution in [0.4, 0.5) is 5.69 Å². The third kappa shape index (κ3) is 3.87. The Morgan fingerprint density at radius 2 is 1.63 bits per heavy atom. The third-order valence-corrected chi connectivity index (χ3v) is 4.22. The molecule has 1 heterocycles. The van der Waals surface area contributed by atoms with Crippen LogP contribution in [0.5, 0.6) is 5.75 Å². The maximum atomic E-state index is 13.1. The summed E-state index contributed by atoms with van der Waals surface area (Å²) in [6.45, 7) is 6.76. The molecule has 0 aromatic heterocycles. The minimum Gasteiger partial charge on any atom is -0.492 e. The molecule has 0 spiro atoms. The molecule has 27 heavy (non-hydrogen) atoms. The first-order chi connectivity index (χ1) is 13.0. The van der Waals surface area contributed by atoms with Crippen molar-refractivity contribution in [2.45, 2.75) is 20.8 Å². The van der Waals surface area contributed by atoms with E-state index in [1.165, 1.54) is 4.90 Å². The monoisotopic (exact) mass is 364 g/mol. The maximum absolute atomic E-state index is 13.1. The molecule has 1 aliphatic heterocycles. The Hall–Kier alpha value is -3.08. The molecular formula is C22H24N2O3. The van der Waals surface area contributed by atoms with Gasteiger partial charge in [-0.15, -0.1) is 0 Å². The number of rotatable bonds is 7. The standard InChI is InChI=1S/C22H24N2O3/c1-4-27-18-13-9-8-12-17(18)23-20-19(16-10-6-5-7-11-16)21(25)24(22(20)26)14-15(2)3/h5-13,15,23H,4,14H2,1-3H3. The fourth-order valence-electron chi connectivity index (χ4n) is 3.08. The van der Waals surface area contributed by atoms with Crippen LogP contribution < -0.4 is 10.1 Å². The predicted octanol–water partition coefficient (Wildman–Crippen LogP) is 3.93. The van der Waals surface area contributed by atoms with E-state index in [1.807, 2.05) is 75.4 Å². The number of carbonyl (C=O) groups excluding carboxylic acids is 2. The van der Waals surface area contributed by atoms with Crippen molar-refractivity contribution in [1.82, 2.24) is 4.90 Å². The number of para-hydroxylation sites is 2. The molecule has 0 saturated heterocycles. The van der Waals surface area contributed by atoms with Gasteiger partial charge in [0.1, 0.15) is 11.4 Å². The van der Waals surface area contributed by atoms with Crippen molar-refractivity contribution < 1.29 is 14.3 Å². The molecule has 0 aliphatic carbocycles. The lowest BCUT2D eigenvalue weighted by atomic mass is 10.0. The fourth-order valence-corrected chi connectivity index (χ4v) is 3.08. The molecule has 0 unspecified atom stereocenters. The van der Waals surface area contributed by atoms with Crippen molar-refractivity contribution in [3.05, 3.63) is 65.9 Å². The van der Waals surface area contributed by atoms with Crippen LogP contribution in [0.15, 0.2) is 60.3 Å². The predicted molar refractivity (Wildman–Crippen MR) is 106 cm³/mol. The van der Waals surface area contributed by atoms with Gasteiger partial charge in [-0.3, -0.25) is 14.5 Å². The molecule has 0 atom stereocenters. The maximum Gasteiger partial charge on any atom is 0.278 e. The van der Waals surface area contributed by atoms with Crippen LogP contribution in [0, 0.1) is 5.92 Å². The highest BCUT2D eigenvalue weighted by Crippen LogP contribution is 2.33. The average Bonchev–Trinajstić information content (AvgIpc) is 2.88. The number of nitrogens with one attached hydrogen (secondary N) is 1. The van der Waals surface area contributed by atoms with Gasteiger partial charge in [-0.05, 0) is 30.5 Å². The first kappa shape index (κ1) is 18.7. The second-order valence-corrected chi connectivity index (χ2v) is 6.78. The average molecular weight is 364 g/mol. The summed E-state index contributed by atoms with van der Waals surface area (Å²) in [4.78, 5) is 27.4. The molecule has 3 rings (SSSR count).